The van der Waals surface area contributed by atoms with Gasteiger partial charge in [-0.05, 0) is 62.3 Å². The van der Waals surface area contributed by atoms with Gasteiger partial charge in [0.25, 0.3) is 0 Å². The number of hydrogen-bond donors (Lipinski definition) is 2. The second kappa shape index (κ2) is 3.59. The Morgan fingerprint density at radius 1 is 1.11 bits per heavy atom. The Labute approximate surface area is 107 Å². The lowest BCUT2D eigenvalue weighted by atomic mass is 9.53. The van der Waals surface area contributed by atoms with E-state index in [0.29, 0.717) is 11.5 Å². The number of aromatic nitrogens is 2. The summed E-state index contributed by atoms with van der Waals surface area (Å²) < 4.78 is 0. The Bertz CT molecular complexity index is 435. The van der Waals surface area contributed by atoms with Gasteiger partial charge in [-0.1, -0.05) is 0 Å². The molecule has 1 aromatic rings. The van der Waals surface area contributed by atoms with E-state index in [9.17, 15) is 0 Å². The summed E-state index contributed by atoms with van der Waals surface area (Å²) in [5.41, 5.74) is 5.96. The average molecular weight is 244 g/mol. The molecule has 0 atom stereocenters. The summed E-state index contributed by atoms with van der Waals surface area (Å²) in [7, 11) is 0. The molecule has 5 rings (SSSR count). The highest BCUT2D eigenvalue weighted by molar-refractivity contribution is 5.41. The molecule has 18 heavy (non-hydrogen) atoms. The molecule has 0 spiro atoms. The highest BCUT2D eigenvalue weighted by atomic mass is 15.1. The molecule has 4 heteroatoms. The van der Waals surface area contributed by atoms with Crippen LogP contribution in [-0.4, -0.2) is 15.5 Å². The summed E-state index contributed by atoms with van der Waals surface area (Å²) >= 11 is 0. The number of nitrogens with one attached hydrogen (secondary N) is 1. The molecule has 0 amide bonds. The molecule has 4 aliphatic carbocycles. The zero-order chi connectivity index (χ0) is 12.2. The summed E-state index contributed by atoms with van der Waals surface area (Å²) in [6.07, 6.45) is 10.1. The number of hydrogen-bond acceptors (Lipinski definition) is 4. The van der Waals surface area contributed by atoms with Gasteiger partial charge in [-0.2, -0.15) is 4.98 Å². The van der Waals surface area contributed by atoms with Gasteiger partial charge < -0.3 is 11.1 Å². The van der Waals surface area contributed by atoms with E-state index >= 15 is 0 Å². The van der Waals surface area contributed by atoms with Crippen molar-refractivity contribution in [1.82, 2.24) is 9.97 Å². The van der Waals surface area contributed by atoms with Crippen LogP contribution in [0.4, 0.5) is 11.8 Å². The van der Waals surface area contributed by atoms with Gasteiger partial charge in [0.15, 0.2) is 0 Å². The zero-order valence-electron chi connectivity index (χ0n) is 10.6. The lowest BCUT2D eigenvalue weighted by molar-refractivity contribution is 0.0105. The molecular weight excluding hydrogens is 224 g/mol. The van der Waals surface area contributed by atoms with Crippen molar-refractivity contribution in [2.24, 2.45) is 17.8 Å². The molecule has 1 heterocycles. The van der Waals surface area contributed by atoms with E-state index in [1.807, 2.05) is 6.07 Å². The second-order valence-corrected chi connectivity index (χ2v) is 6.62. The normalized spacial score (nSPS) is 41.0. The van der Waals surface area contributed by atoms with Gasteiger partial charge in [-0.3, -0.25) is 0 Å². The summed E-state index contributed by atoms with van der Waals surface area (Å²) in [5, 5.41) is 3.70. The molecule has 4 fully saturated rings. The van der Waals surface area contributed by atoms with Gasteiger partial charge in [0.1, 0.15) is 5.82 Å². The van der Waals surface area contributed by atoms with Crippen LogP contribution in [0.15, 0.2) is 12.3 Å². The van der Waals surface area contributed by atoms with Crippen LogP contribution in [0.2, 0.25) is 0 Å². The third-order valence-electron chi connectivity index (χ3n) is 5.11. The van der Waals surface area contributed by atoms with Gasteiger partial charge in [-0.15, -0.1) is 0 Å². The summed E-state index contributed by atoms with van der Waals surface area (Å²) in [5.74, 6) is 4.11. The minimum absolute atomic E-state index is 0.301. The van der Waals surface area contributed by atoms with Gasteiger partial charge in [0.05, 0.1) is 0 Å². The number of anilines is 2. The molecule has 4 nitrogen and oxygen atoms in total. The fraction of sp³-hybridized carbons (Fsp3) is 0.714. The topological polar surface area (TPSA) is 63.8 Å². The van der Waals surface area contributed by atoms with Gasteiger partial charge in [-0.25, -0.2) is 4.98 Å². The largest absolute Gasteiger partial charge is 0.368 e. The third kappa shape index (κ3) is 1.66. The third-order valence-corrected chi connectivity index (χ3v) is 5.11. The van der Waals surface area contributed by atoms with Crippen LogP contribution in [0.1, 0.15) is 38.5 Å². The molecular formula is C14H20N4. The maximum Gasteiger partial charge on any atom is 0.221 e. The van der Waals surface area contributed by atoms with Crippen LogP contribution in [0.3, 0.4) is 0 Å². The molecule has 0 aliphatic heterocycles. The lowest BCUT2D eigenvalue weighted by Gasteiger charge is -2.57. The first-order valence-corrected chi connectivity index (χ1v) is 7.07. The maximum atomic E-state index is 5.66. The van der Waals surface area contributed by atoms with Crippen molar-refractivity contribution >= 4 is 11.8 Å². The monoisotopic (exact) mass is 244 g/mol. The van der Waals surface area contributed by atoms with Crippen molar-refractivity contribution in [3.63, 3.8) is 0 Å². The molecule has 0 radical (unpaired) electrons. The van der Waals surface area contributed by atoms with Gasteiger partial charge in [0.2, 0.25) is 5.95 Å². The Kier molecular flexibility index (Phi) is 2.11. The molecule has 0 unspecified atom stereocenters. The van der Waals surface area contributed by atoms with E-state index in [1.165, 1.54) is 38.5 Å². The molecule has 1 aromatic heterocycles. The molecule has 4 saturated carbocycles. The van der Waals surface area contributed by atoms with Crippen LogP contribution in [-0.2, 0) is 0 Å². The highest BCUT2D eigenvalue weighted by Gasteiger charge is 2.51. The first-order valence-electron chi connectivity index (χ1n) is 7.07. The Balaban J connectivity index is 1.60. The standard InChI is InChI=1S/C14H20N4/c15-13-16-2-1-12(17-13)18-14-6-9-3-10(7-14)5-11(4-9)8-14/h1-2,9-11H,3-8H2,(H3,15,16,17,18). The predicted molar refractivity (Wildman–Crippen MR) is 71.0 cm³/mol. The van der Waals surface area contributed by atoms with Crippen molar-refractivity contribution in [1.29, 1.82) is 0 Å². The lowest BCUT2D eigenvalue weighted by Crippen LogP contribution is -2.54. The number of nitrogens with two attached hydrogens (primary N) is 1. The van der Waals surface area contributed by atoms with Crippen LogP contribution >= 0.6 is 0 Å². The van der Waals surface area contributed by atoms with Crippen LogP contribution in [0.5, 0.6) is 0 Å². The minimum Gasteiger partial charge on any atom is -0.368 e. The first kappa shape index (κ1) is 10.6. The number of rotatable bonds is 2. The van der Waals surface area contributed by atoms with Gasteiger partial charge >= 0.3 is 0 Å². The van der Waals surface area contributed by atoms with Crippen LogP contribution < -0.4 is 11.1 Å². The van der Waals surface area contributed by atoms with Crippen molar-refractivity contribution < 1.29 is 0 Å². The Morgan fingerprint density at radius 2 is 1.72 bits per heavy atom. The predicted octanol–water partition coefficient (Wildman–Crippen LogP) is 2.44. The van der Waals surface area contributed by atoms with E-state index in [1.54, 1.807) is 6.20 Å². The SMILES string of the molecule is Nc1nccc(NC23CC4CC(CC(C4)C2)C3)n1. The minimum atomic E-state index is 0.301. The van der Waals surface area contributed by atoms with Crippen molar-refractivity contribution in [2.45, 2.75) is 44.1 Å². The van der Waals surface area contributed by atoms with E-state index in [4.69, 9.17) is 5.73 Å². The molecule has 4 bridgehead atoms. The average Bonchev–Trinajstić information content (AvgIpc) is 2.25. The Hall–Kier alpha value is -1.32. The molecule has 96 valence electrons. The molecule has 0 aromatic carbocycles. The van der Waals surface area contributed by atoms with E-state index < -0.39 is 0 Å². The molecule has 0 saturated heterocycles. The zero-order valence-corrected chi connectivity index (χ0v) is 10.6. The Morgan fingerprint density at radius 3 is 2.28 bits per heavy atom. The van der Waals surface area contributed by atoms with Crippen LogP contribution in [0, 0.1) is 17.8 Å². The van der Waals surface area contributed by atoms with Crippen LogP contribution in [0.25, 0.3) is 0 Å². The van der Waals surface area contributed by atoms with Crippen molar-refractivity contribution in [2.75, 3.05) is 11.1 Å². The van der Waals surface area contributed by atoms with Crippen molar-refractivity contribution in [3.05, 3.63) is 12.3 Å². The quantitative estimate of drug-likeness (QED) is 0.838. The second-order valence-electron chi connectivity index (χ2n) is 6.62. The fourth-order valence-corrected chi connectivity index (χ4v) is 4.98. The summed E-state index contributed by atoms with van der Waals surface area (Å²) in [4.78, 5) is 8.27. The summed E-state index contributed by atoms with van der Waals surface area (Å²) in [6.45, 7) is 0. The van der Waals surface area contributed by atoms with Gasteiger partial charge in [0, 0.05) is 11.7 Å². The van der Waals surface area contributed by atoms with E-state index in [0.717, 1.165) is 23.6 Å². The first-order chi connectivity index (χ1) is 8.71. The molecule has 3 N–H and O–H groups in total. The number of nitrogen functional groups attached to an aromatic ring is 1. The maximum absolute atomic E-state index is 5.66. The van der Waals surface area contributed by atoms with E-state index in [2.05, 4.69) is 15.3 Å². The van der Waals surface area contributed by atoms with Crippen molar-refractivity contribution in [3.8, 4) is 0 Å². The van der Waals surface area contributed by atoms with E-state index in [-0.39, 0.29) is 0 Å². The fourth-order valence-electron chi connectivity index (χ4n) is 4.98. The summed E-state index contributed by atoms with van der Waals surface area (Å²) in [6, 6.07) is 1.94. The highest BCUT2D eigenvalue weighted by Crippen LogP contribution is 2.56. The smallest absolute Gasteiger partial charge is 0.221 e. The molecule has 4 aliphatic rings. The number of nitrogens with zero attached hydrogens (tertiary/aromatic N) is 2.